The number of benzene rings is 3. The van der Waals surface area contributed by atoms with Gasteiger partial charge in [0, 0.05) is 10.4 Å². The molecule has 0 spiro atoms. The average Bonchev–Trinajstić information content (AvgIpc) is 3.03. The van der Waals surface area contributed by atoms with Gasteiger partial charge in [-0.3, -0.25) is 9.67 Å². The lowest BCUT2D eigenvalue weighted by molar-refractivity contribution is 0.281. The third-order valence-electron chi connectivity index (χ3n) is 5.71. The van der Waals surface area contributed by atoms with Gasteiger partial charge in [0.2, 0.25) is 0 Å². The highest BCUT2D eigenvalue weighted by molar-refractivity contribution is 7.71. The van der Waals surface area contributed by atoms with E-state index in [0.29, 0.717) is 4.77 Å². The monoisotopic (exact) mass is 391 g/mol. The Morgan fingerprint density at radius 2 is 1.70 bits per heavy atom. The number of halogens is 1. The second-order valence-electron chi connectivity index (χ2n) is 7.13. The van der Waals surface area contributed by atoms with Gasteiger partial charge in [-0.15, -0.1) is 0 Å². The summed E-state index contributed by atoms with van der Waals surface area (Å²) in [5.41, 5.74) is 2.19. The van der Waals surface area contributed by atoms with E-state index in [1.54, 1.807) is 0 Å². The lowest BCUT2D eigenvalue weighted by Crippen LogP contribution is -2.38. The Balaban J connectivity index is 1.76. The predicted molar refractivity (Wildman–Crippen MR) is 112 cm³/mol. The Morgan fingerprint density at radius 1 is 0.963 bits per heavy atom. The van der Waals surface area contributed by atoms with E-state index in [2.05, 4.69) is 64.3 Å². The number of hydrogen-bond donors (Lipinski definition) is 1. The summed E-state index contributed by atoms with van der Waals surface area (Å²) in [6.07, 6.45) is 3.29. The first-order chi connectivity index (χ1) is 13.2. The third-order valence-corrected chi connectivity index (χ3v) is 6.24. The third kappa shape index (κ3) is 2.55. The maximum Gasteiger partial charge on any atom is 0.199 e. The average molecular weight is 392 g/mol. The summed E-state index contributed by atoms with van der Waals surface area (Å²) >= 11 is 11.8. The van der Waals surface area contributed by atoms with Crippen molar-refractivity contribution in [3.8, 4) is 5.69 Å². The summed E-state index contributed by atoms with van der Waals surface area (Å²) in [5.74, 6) is 0.984. The van der Waals surface area contributed by atoms with Crippen molar-refractivity contribution >= 4 is 34.6 Å². The van der Waals surface area contributed by atoms with Gasteiger partial charge in [0.05, 0.1) is 11.1 Å². The van der Waals surface area contributed by atoms with Gasteiger partial charge in [0.1, 0.15) is 5.82 Å². The molecule has 1 saturated carbocycles. The molecule has 4 aromatic rings. The first kappa shape index (κ1) is 16.7. The van der Waals surface area contributed by atoms with E-state index in [9.17, 15) is 0 Å². The zero-order chi connectivity index (χ0) is 18.4. The first-order valence-corrected chi connectivity index (χ1v) is 9.90. The molecule has 0 amide bonds. The normalized spacial score (nSPS) is 15.6. The molecular weight excluding hydrogens is 374 g/mol. The van der Waals surface area contributed by atoms with Gasteiger partial charge in [-0.1, -0.05) is 66.6 Å². The Morgan fingerprint density at radius 3 is 2.44 bits per heavy atom. The molecule has 1 aliphatic rings. The summed E-state index contributed by atoms with van der Waals surface area (Å²) in [5, 5.41) is 10.9. The SMILES string of the molecule is S=c1[nH]nc(C2(c3ccc(Cl)cc3)CCC2)n1-c1cccc2ccccc12. The summed E-state index contributed by atoms with van der Waals surface area (Å²) in [4.78, 5) is 0. The van der Waals surface area contributed by atoms with Crippen molar-refractivity contribution in [3.05, 3.63) is 87.9 Å². The number of aromatic amines is 1. The largest absolute Gasteiger partial charge is 0.271 e. The van der Waals surface area contributed by atoms with E-state index >= 15 is 0 Å². The van der Waals surface area contributed by atoms with Crippen molar-refractivity contribution in [2.75, 3.05) is 0 Å². The van der Waals surface area contributed by atoms with Crippen LogP contribution in [-0.4, -0.2) is 14.8 Å². The predicted octanol–water partition coefficient (Wildman–Crippen LogP) is 6.21. The van der Waals surface area contributed by atoms with Crippen molar-refractivity contribution < 1.29 is 0 Å². The zero-order valence-corrected chi connectivity index (χ0v) is 16.2. The summed E-state index contributed by atoms with van der Waals surface area (Å²) in [7, 11) is 0. The molecule has 5 heteroatoms. The summed E-state index contributed by atoms with van der Waals surface area (Å²) in [6, 6.07) is 22.9. The quantitative estimate of drug-likeness (QED) is 0.421. The second kappa shape index (κ2) is 6.32. The van der Waals surface area contributed by atoms with Crippen LogP contribution in [0.1, 0.15) is 30.7 Å². The van der Waals surface area contributed by atoms with Crippen LogP contribution in [-0.2, 0) is 5.41 Å². The van der Waals surface area contributed by atoms with E-state index in [4.69, 9.17) is 28.9 Å². The zero-order valence-electron chi connectivity index (χ0n) is 14.7. The molecule has 1 heterocycles. The van der Waals surface area contributed by atoms with Crippen LogP contribution in [0.3, 0.4) is 0 Å². The first-order valence-electron chi connectivity index (χ1n) is 9.11. The van der Waals surface area contributed by atoms with Gasteiger partial charge in [0.25, 0.3) is 0 Å². The van der Waals surface area contributed by atoms with Gasteiger partial charge in [0.15, 0.2) is 4.77 Å². The lowest BCUT2D eigenvalue weighted by atomic mass is 9.63. The fourth-order valence-corrected chi connectivity index (χ4v) is 4.54. The molecule has 1 aliphatic carbocycles. The maximum absolute atomic E-state index is 6.12. The summed E-state index contributed by atoms with van der Waals surface area (Å²) < 4.78 is 2.74. The molecule has 0 unspecified atom stereocenters. The number of nitrogens with zero attached hydrogens (tertiary/aromatic N) is 2. The number of H-pyrrole nitrogens is 1. The van der Waals surface area contributed by atoms with Gasteiger partial charge >= 0.3 is 0 Å². The topological polar surface area (TPSA) is 33.6 Å². The van der Waals surface area contributed by atoms with Crippen molar-refractivity contribution in [2.45, 2.75) is 24.7 Å². The van der Waals surface area contributed by atoms with Crippen molar-refractivity contribution in [2.24, 2.45) is 0 Å². The van der Waals surface area contributed by atoms with Crippen LogP contribution in [0.2, 0.25) is 5.02 Å². The highest BCUT2D eigenvalue weighted by Gasteiger charge is 2.44. The molecule has 1 N–H and O–H groups in total. The van der Waals surface area contributed by atoms with Crippen molar-refractivity contribution in [1.82, 2.24) is 14.8 Å². The minimum absolute atomic E-state index is 0.130. The van der Waals surface area contributed by atoms with Crippen LogP contribution in [0.25, 0.3) is 16.5 Å². The van der Waals surface area contributed by atoms with E-state index in [1.807, 2.05) is 12.1 Å². The molecular formula is C22H18ClN3S. The Kier molecular flexibility index (Phi) is 3.92. The minimum atomic E-state index is -0.130. The van der Waals surface area contributed by atoms with E-state index in [-0.39, 0.29) is 5.41 Å². The Hall–Kier alpha value is -2.43. The smallest absolute Gasteiger partial charge is 0.199 e. The second-order valence-corrected chi connectivity index (χ2v) is 7.95. The van der Waals surface area contributed by atoms with Crippen molar-refractivity contribution in [1.29, 1.82) is 0 Å². The van der Waals surface area contributed by atoms with Gasteiger partial charge in [-0.2, -0.15) is 5.10 Å². The molecule has 0 aliphatic heterocycles. The van der Waals surface area contributed by atoms with E-state index in [1.165, 1.54) is 22.8 Å². The van der Waals surface area contributed by atoms with Crippen LogP contribution in [0, 0.1) is 4.77 Å². The molecule has 27 heavy (non-hydrogen) atoms. The minimum Gasteiger partial charge on any atom is -0.271 e. The lowest BCUT2D eigenvalue weighted by Gasteiger charge is -2.41. The molecule has 1 fully saturated rings. The highest BCUT2D eigenvalue weighted by Crippen LogP contribution is 2.49. The van der Waals surface area contributed by atoms with Crippen LogP contribution in [0.5, 0.6) is 0 Å². The molecule has 5 rings (SSSR count). The van der Waals surface area contributed by atoms with Gasteiger partial charge < -0.3 is 0 Å². The Labute approximate surface area is 167 Å². The number of nitrogens with one attached hydrogen (secondary N) is 1. The number of aromatic nitrogens is 3. The van der Waals surface area contributed by atoms with Crippen molar-refractivity contribution in [3.63, 3.8) is 0 Å². The molecule has 134 valence electrons. The van der Waals surface area contributed by atoms with Crippen LogP contribution in [0.15, 0.2) is 66.7 Å². The molecule has 0 saturated heterocycles. The van der Waals surface area contributed by atoms with Crippen LogP contribution >= 0.6 is 23.8 Å². The highest BCUT2D eigenvalue weighted by atomic mass is 35.5. The van der Waals surface area contributed by atoms with E-state index < -0.39 is 0 Å². The van der Waals surface area contributed by atoms with Gasteiger partial charge in [-0.05, 0) is 54.2 Å². The fourth-order valence-electron chi connectivity index (χ4n) is 4.19. The molecule has 3 nitrogen and oxygen atoms in total. The number of hydrogen-bond acceptors (Lipinski definition) is 2. The van der Waals surface area contributed by atoms with E-state index in [0.717, 1.165) is 29.4 Å². The molecule has 0 atom stereocenters. The van der Waals surface area contributed by atoms with Crippen LogP contribution < -0.4 is 0 Å². The Bertz CT molecular complexity index is 1180. The summed E-state index contributed by atoms with van der Waals surface area (Å²) in [6.45, 7) is 0. The van der Waals surface area contributed by atoms with Gasteiger partial charge in [-0.25, -0.2) is 0 Å². The number of fused-ring (bicyclic) bond motifs is 1. The maximum atomic E-state index is 6.12. The molecule has 3 aromatic carbocycles. The molecule has 0 radical (unpaired) electrons. The van der Waals surface area contributed by atoms with Crippen LogP contribution in [0.4, 0.5) is 0 Å². The molecule has 0 bridgehead atoms. The fraction of sp³-hybridized carbons (Fsp3) is 0.182. The number of rotatable bonds is 3. The molecule has 1 aromatic heterocycles. The standard InChI is InChI=1S/C22H18ClN3S/c23-17-11-9-16(10-12-17)22(13-4-14-22)20-24-25-21(27)26(20)19-8-3-6-15-5-1-2-7-18(15)19/h1-3,5-12H,4,13-14H2,(H,25,27).